The van der Waals surface area contributed by atoms with E-state index in [1.165, 1.54) is 11.3 Å². The number of rotatable bonds is 2. The molecule has 0 unspecified atom stereocenters. The number of phenolic OH excluding ortho intramolecular Hbond substituents is 1. The Bertz CT molecular complexity index is 636. The molecule has 0 saturated heterocycles. The SMILES string of the molecule is Cc1nc(C(=O)N[C@@H]2CCc3c(O)cccc32)cs1. The van der Waals surface area contributed by atoms with Crippen LogP contribution in [0.4, 0.5) is 0 Å². The molecule has 1 atom stereocenters. The molecule has 1 aromatic heterocycles. The van der Waals surface area contributed by atoms with Crippen molar-refractivity contribution in [3.05, 3.63) is 45.4 Å². The van der Waals surface area contributed by atoms with E-state index >= 15 is 0 Å². The normalized spacial score (nSPS) is 17.2. The van der Waals surface area contributed by atoms with Crippen molar-refractivity contribution in [2.45, 2.75) is 25.8 Å². The first-order valence-corrected chi connectivity index (χ1v) is 7.07. The number of carbonyl (C=O) groups excluding carboxylic acids is 1. The van der Waals surface area contributed by atoms with Gasteiger partial charge in [0.25, 0.3) is 5.91 Å². The third-order valence-corrected chi connectivity index (χ3v) is 4.18. The monoisotopic (exact) mass is 274 g/mol. The topological polar surface area (TPSA) is 62.2 Å². The van der Waals surface area contributed by atoms with Gasteiger partial charge in [0, 0.05) is 5.38 Å². The highest BCUT2D eigenvalue weighted by Crippen LogP contribution is 2.36. The maximum atomic E-state index is 12.1. The molecule has 1 aliphatic rings. The van der Waals surface area contributed by atoms with Crippen molar-refractivity contribution in [1.82, 2.24) is 10.3 Å². The van der Waals surface area contributed by atoms with Gasteiger partial charge >= 0.3 is 0 Å². The van der Waals surface area contributed by atoms with Gasteiger partial charge in [-0.1, -0.05) is 12.1 Å². The molecule has 4 nitrogen and oxygen atoms in total. The van der Waals surface area contributed by atoms with Gasteiger partial charge < -0.3 is 10.4 Å². The van der Waals surface area contributed by atoms with Crippen LogP contribution in [0.1, 0.15) is 39.1 Å². The predicted molar refractivity (Wildman–Crippen MR) is 73.5 cm³/mol. The lowest BCUT2D eigenvalue weighted by molar-refractivity contribution is 0.0932. The van der Waals surface area contributed by atoms with E-state index in [-0.39, 0.29) is 11.9 Å². The summed E-state index contributed by atoms with van der Waals surface area (Å²) in [6, 6.07) is 5.43. The lowest BCUT2D eigenvalue weighted by Gasteiger charge is -2.13. The van der Waals surface area contributed by atoms with Crippen LogP contribution in [0.25, 0.3) is 0 Å². The summed E-state index contributed by atoms with van der Waals surface area (Å²) in [4.78, 5) is 16.3. The van der Waals surface area contributed by atoms with E-state index in [0.717, 1.165) is 29.0 Å². The lowest BCUT2D eigenvalue weighted by atomic mass is 10.1. The molecule has 0 aliphatic heterocycles. The Morgan fingerprint density at radius 2 is 2.37 bits per heavy atom. The smallest absolute Gasteiger partial charge is 0.271 e. The van der Waals surface area contributed by atoms with Crippen molar-refractivity contribution in [2.24, 2.45) is 0 Å². The predicted octanol–water partition coefficient (Wildman–Crippen LogP) is 2.57. The average Bonchev–Trinajstić information content (AvgIpc) is 2.98. The zero-order valence-corrected chi connectivity index (χ0v) is 11.3. The minimum atomic E-state index is -0.148. The molecule has 1 aliphatic carbocycles. The Kier molecular flexibility index (Phi) is 2.98. The molecule has 0 saturated carbocycles. The first-order valence-electron chi connectivity index (χ1n) is 6.19. The van der Waals surface area contributed by atoms with Crippen LogP contribution in [-0.2, 0) is 6.42 Å². The number of amides is 1. The zero-order chi connectivity index (χ0) is 13.4. The van der Waals surface area contributed by atoms with Crippen molar-refractivity contribution in [3.63, 3.8) is 0 Å². The van der Waals surface area contributed by atoms with E-state index in [1.807, 2.05) is 19.1 Å². The summed E-state index contributed by atoms with van der Waals surface area (Å²) in [5.41, 5.74) is 2.43. The lowest BCUT2D eigenvalue weighted by Crippen LogP contribution is -2.27. The van der Waals surface area contributed by atoms with Gasteiger partial charge in [-0.3, -0.25) is 4.79 Å². The number of nitrogens with one attached hydrogen (secondary N) is 1. The van der Waals surface area contributed by atoms with Gasteiger partial charge in [0.2, 0.25) is 0 Å². The molecular weight excluding hydrogens is 260 g/mol. The Labute approximate surface area is 115 Å². The molecule has 1 aromatic carbocycles. The Morgan fingerprint density at radius 1 is 1.53 bits per heavy atom. The summed E-state index contributed by atoms with van der Waals surface area (Å²) in [7, 11) is 0. The van der Waals surface area contributed by atoms with Gasteiger partial charge in [-0.2, -0.15) is 0 Å². The molecule has 2 N–H and O–H groups in total. The van der Waals surface area contributed by atoms with Gasteiger partial charge in [-0.25, -0.2) is 4.98 Å². The van der Waals surface area contributed by atoms with Crippen LogP contribution in [0, 0.1) is 6.92 Å². The number of aryl methyl sites for hydroxylation is 1. The van der Waals surface area contributed by atoms with Crippen LogP contribution in [0.2, 0.25) is 0 Å². The Balaban J connectivity index is 1.80. The van der Waals surface area contributed by atoms with Gasteiger partial charge in [-0.15, -0.1) is 11.3 Å². The highest BCUT2D eigenvalue weighted by Gasteiger charge is 2.26. The second-order valence-electron chi connectivity index (χ2n) is 4.66. The van der Waals surface area contributed by atoms with E-state index in [2.05, 4.69) is 10.3 Å². The van der Waals surface area contributed by atoms with Crippen LogP contribution in [-0.4, -0.2) is 16.0 Å². The van der Waals surface area contributed by atoms with E-state index < -0.39 is 0 Å². The number of fused-ring (bicyclic) bond motifs is 1. The van der Waals surface area contributed by atoms with Crippen molar-refractivity contribution < 1.29 is 9.90 Å². The largest absolute Gasteiger partial charge is 0.508 e. The van der Waals surface area contributed by atoms with Crippen LogP contribution in [0.15, 0.2) is 23.6 Å². The second kappa shape index (κ2) is 4.66. The second-order valence-corrected chi connectivity index (χ2v) is 5.72. The quantitative estimate of drug-likeness (QED) is 0.884. The Hall–Kier alpha value is -1.88. The molecule has 0 spiro atoms. The fourth-order valence-electron chi connectivity index (χ4n) is 2.48. The maximum Gasteiger partial charge on any atom is 0.271 e. The molecule has 0 fully saturated rings. The third kappa shape index (κ3) is 2.21. The third-order valence-electron chi connectivity index (χ3n) is 3.40. The maximum absolute atomic E-state index is 12.1. The first kappa shape index (κ1) is 12.2. The van der Waals surface area contributed by atoms with Crippen molar-refractivity contribution in [1.29, 1.82) is 0 Å². The number of hydrogen-bond acceptors (Lipinski definition) is 4. The summed E-state index contributed by atoms with van der Waals surface area (Å²) in [6.45, 7) is 1.88. The van der Waals surface area contributed by atoms with Crippen LogP contribution >= 0.6 is 11.3 Å². The van der Waals surface area contributed by atoms with Crippen LogP contribution in [0.5, 0.6) is 5.75 Å². The summed E-state index contributed by atoms with van der Waals surface area (Å²) >= 11 is 1.47. The summed E-state index contributed by atoms with van der Waals surface area (Å²) < 4.78 is 0. The van der Waals surface area contributed by atoms with Crippen molar-refractivity contribution >= 4 is 17.2 Å². The van der Waals surface area contributed by atoms with Gasteiger partial charge in [0.15, 0.2) is 0 Å². The number of aromatic hydroxyl groups is 1. The number of thiazole rings is 1. The number of carbonyl (C=O) groups is 1. The molecule has 1 amide bonds. The fraction of sp³-hybridized carbons (Fsp3) is 0.286. The summed E-state index contributed by atoms with van der Waals surface area (Å²) in [5.74, 6) is 0.171. The molecule has 1 heterocycles. The van der Waals surface area contributed by atoms with Crippen LogP contribution < -0.4 is 5.32 Å². The number of phenols is 1. The van der Waals surface area contributed by atoms with Crippen LogP contribution in [0.3, 0.4) is 0 Å². The minimum absolute atomic E-state index is 0.0309. The van der Waals surface area contributed by atoms with Gasteiger partial charge in [0.05, 0.1) is 11.0 Å². The zero-order valence-electron chi connectivity index (χ0n) is 10.5. The molecule has 5 heteroatoms. The molecule has 0 radical (unpaired) electrons. The van der Waals surface area contributed by atoms with E-state index in [1.54, 1.807) is 11.4 Å². The van der Waals surface area contributed by atoms with Crippen molar-refractivity contribution in [2.75, 3.05) is 0 Å². The number of aromatic nitrogens is 1. The van der Waals surface area contributed by atoms with Gasteiger partial charge in [0.1, 0.15) is 11.4 Å². The molecule has 3 rings (SSSR count). The Morgan fingerprint density at radius 3 is 3.11 bits per heavy atom. The average molecular weight is 274 g/mol. The van der Waals surface area contributed by atoms with Crippen molar-refractivity contribution in [3.8, 4) is 5.75 Å². The number of nitrogens with zero attached hydrogens (tertiary/aromatic N) is 1. The summed E-state index contributed by atoms with van der Waals surface area (Å²) in [5, 5.41) is 15.4. The highest BCUT2D eigenvalue weighted by molar-refractivity contribution is 7.09. The fourth-order valence-corrected chi connectivity index (χ4v) is 3.08. The summed E-state index contributed by atoms with van der Waals surface area (Å²) in [6.07, 6.45) is 1.62. The minimum Gasteiger partial charge on any atom is -0.508 e. The van der Waals surface area contributed by atoms with Gasteiger partial charge in [-0.05, 0) is 37.0 Å². The van der Waals surface area contributed by atoms with E-state index in [4.69, 9.17) is 0 Å². The molecule has 2 aromatic rings. The van der Waals surface area contributed by atoms with E-state index in [9.17, 15) is 9.90 Å². The molecular formula is C14H14N2O2S. The molecule has 19 heavy (non-hydrogen) atoms. The molecule has 0 bridgehead atoms. The molecule has 98 valence electrons. The first-order chi connectivity index (χ1) is 9.15. The number of hydrogen-bond donors (Lipinski definition) is 2. The standard InChI is InChI=1S/C14H14N2O2S/c1-8-15-12(7-19-8)14(18)16-11-6-5-10-9(11)3-2-4-13(10)17/h2-4,7,11,17H,5-6H2,1H3,(H,16,18)/t11-/m1/s1. The van der Waals surface area contributed by atoms with E-state index in [0.29, 0.717) is 11.4 Å². The highest BCUT2D eigenvalue weighted by atomic mass is 32.1. The number of benzene rings is 1.